The highest BCUT2D eigenvalue weighted by molar-refractivity contribution is 7.99. The molecule has 0 spiro atoms. The third-order valence-electron chi connectivity index (χ3n) is 2.36. The normalized spacial score (nSPS) is 12.5. The minimum Gasteiger partial charge on any atom is -0.349 e. The molecule has 1 aliphatic rings. The highest BCUT2D eigenvalue weighted by Crippen LogP contribution is 2.41. The van der Waals surface area contributed by atoms with Gasteiger partial charge in [-0.2, -0.15) is 0 Å². The molecular weight excluding hydrogens is 262 g/mol. The minimum absolute atomic E-state index is 0.258. The summed E-state index contributed by atoms with van der Waals surface area (Å²) in [6.45, 7) is 0. The summed E-state index contributed by atoms with van der Waals surface area (Å²) in [6, 6.07) is 5.26. The van der Waals surface area contributed by atoms with Crippen molar-refractivity contribution in [2.45, 2.75) is 9.79 Å². The van der Waals surface area contributed by atoms with Crippen molar-refractivity contribution in [1.29, 1.82) is 0 Å². The number of H-pyrrole nitrogens is 2. The van der Waals surface area contributed by atoms with E-state index in [9.17, 15) is 9.59 Å². The maximum Gasteiger partial charge on any atom is 0.287 e. The SMILES string of the molecule is O=c1[nH][nH]c(=O)c2c1Nc1cc(Cl)ccc1S2. The Morgan fingerprint density at radius 2 is 1.88 bits per heavy atom. The number of aromatic nitrogens is 2. The molecule has 0 saturated carbocycles. The van der Waals surface area contributed by atoms with Crippen molar-refractivity contribution in [2.24, 2.45) is 0 Å². The largest absolute Gasteiger partial charge is 0.349 e. The maximum atomic E-state index is 11.6. The number of benzene rings is 1. The van der Waals surface area contributed by atoms with Crippen molar-refractivity contribution in [3.05, 3.63) is 43.9 Å². The summed E-state index contributed by atoms with van der Waals surface area (Å²) in [7, 11) is 0. The topological polar surface area (TPSA) is 77.8 Å². The van der Waals surface area contributed by atoms with Gasteiger partial charge in [0.2, 0.25) is 0 Å². The number of anilines is 2. The van der Waals surface area contributed by atoms with Crippen LogP contribution in [-0.2, 0) is 0 Å². The smallest absolute Gasteiger partial charge is 0.287 e. The summed E-state index contributed by atoms with van der Waals surface area (Å²) in [5.74, 6) is 0. The molecule has 7 heteroatoms. The Morgan fingerprint density at radius 1 is 1.12 bits per heavy atom. The highest BCUT2D eigenvalue weighted by atomic mass is 35.5. The molecule has 0 unspecified atom stereocenters. The lowest BCUT2D eigenvalue weighted by atomic mass is 10.3. The van der Waals surface area contributed by atoms with E-state index in [0.29, 0.717) is 9.92 Å². The molecule has 17 heavy (non-hydrogen) atoms. The van der Waals surface area contributed by atoms with Gasteiger partial charge in [-0.1, -0.05) is 23.4 Å². The van der Waals surface area contributed by atoms with Crippen LogP contribution in [0.3, 0.4) is 0 Å². The molecule has 0 bridgehead atoms. The summed E-state index contributed by atoms with van der Waals surface area (Å²) in [5.41, 5.74) is 0.301. The van der Waals surface area contributed by atoms with Gasteiger partial charge in [-0.3, -0.25) is 19.8 Å². The van der Waals surface area contributed by atoms with Crippen LogP contribution in [0.25, 0.3) is 0 Å². The van der Waals surface area contributed by atoms with Gasteiger partial charge in [-0.25, -0.2) is 0 Å². The molecule has 1 aromatic heterocycles. The second kappa shape index (κ2) is 3.68. The number of rotatable bonds is 0. The van der Waals surface area contributed by atoms with Crippen molar-refractivity contribution < 1.29 is 0 Å². The van der Waals surface area contributed by atoms with Crippen LogP contribution in [0.5, 0.6) is 0 Å². The number of halogens is 1. The first kappa shape index (κ1) is 10.5. The Morgan fingerprint density at radius 3 is 2.71 bits per heavy atom. The third-order valence-corrected chi connectivity index (χ3v) is 3.77. The Hall–Kier alpha value is -1.66. The average Bonchev–Trinajstić information content (AvgIpc) is 2.32. The molecule has 1 aromatic carbocycles. The Kier molecular flexibility index (Phi) is 2.27. The van der Waals surface area contributed by atoms with Gasteiger partial charge in [-0.05, 0) is 18.2 Å². The first-order chi connectivity index (χ1) is 8.15. The zero-order valence-corrected chi connectivity index (χ0v) is 9.91. The average molecular weight is 268 g/mol. The van der Waals surface area contributed by atoms with Crippen molar-refractivity contribution in [3.8, 4) is 0 Å². The van der Waals surface area contributed by atoms with Crippen molar-refractivity contribution in [3.63, 3.8) is 0 Å². The van der Waals surface area contributed by atoms with E-state index in [4.69, 9.17) is 11.6 Å². The molecule has 3 rings (SSSR count). The Labute approximate surface area is 104 Å². The molecule has 0 saturated heterocycles. The van der Waals surface area contributed by atoms with Crippen molar-refractivity contribution >= 4 is 34.7 Å². The molecule has 0 atom stereocenters. The van der Waals surface area contributed by atoms with Crippen LogP contribution in [0.15, 0.2) is 37.6 Å². The number of nitrogens with one attached hydrogen (secondary N) is 3. The lowest BCUT2D eigenvalue weighted by Gasteiger charge is -2.18. The van der Waals surface area contributed by atoms with Crippen LogP contribution in [0, 0.1) is 0 Å². The van der Waals surface area contributed by atoms with Gasteiger partial charge in [0.05, 0.1) is 5.69 Å². The molecule has 0 aliphatic carbocycles. The molecule has 2 aromatic rings. The van der Waals surface area contributed by atoms with Gasteiger partial charge < -0.3 is 5.32 Å². The summed E-state index contributed by atoms with van der Waals surface area (Å²) in [4.78, 5) is 24.4. The van der Waals surface area contributed by atoms with Gasteiger partial charge in [-0.15, -0.1) is 0 Å². The fourth-order valence-corrected chi connectivity index (χ4v) is 2.73. The zero-order valence-electron chi connectivity index (χ0n) is 8.33. The summed E-state index contributed by atoms with van der Waals surface area (Å²) < 4.78 is 0. The van der Waals surface area contributed by atoms with Gasteiger partial charge >= 0.3 is 0 Å². The number of hydrogen-bond acceptors (Lipinski definition) is 4. The van der Waals surface area contributed by atoms with Crippen molar-refractivity contribution in [2.75, 3.05) is 5.32 Å². The van der Waals surface area contributed by atoms with E-state index in [0.717, 1.165) is 10.6 Å². The van der Waals surface area contributed by atoms with E-state index in [1.54, 1.807) is 18.2 Å². The zero-order chi connectivity index (χ0) is 12.0. The van der Waals surface area contributed by atoms with Crippen LogP contribution in [0.2, 0.25) is 5.02 Å². The van der Waals surface area contributed by atoms with Crippen LogP contribution in [0.1, 0.15) is 0 Å². The fraction of sp³-hybridized carbons (Fsp3) is 0. The third kappa shape index (κ3) is 1.65. The second-order valence-electron chi connectivity index (χ2n) is 3.48. The molecule has 0 amide bonds. The van der Waals surface area contributed by atoms with E-state index in [-0.39, 0.29) is 16.8 Å². The van der Waals surface area contributed by atoms with E-state index in [1.165, 1.54) is 11.8 Å². The predicted molar refractivity (Wildman–Crippen MR) is 66.5 cm³/mol. The summed E-state index contributed by atoms with van der Waals surface area (Å²) in [6.07, 6.45) is 0. The molecule has 3 N–H and O–H groups in total. The van der Waals surface area contributed by atoms with Gasteiger partial charge in [0.1, 0.15) is 10.6 Å². The molecule has 1 aliphatic heterocycles. The number of hydrogen-bond donors (Lipinski definition) is 3. The Balaban J connectivity index is 2.24. The quantitative estimate of drug-likeness (QED) is 0.582. The molecule has 2 heterocycles. The number of aromatic amines is 2. The fourth-order valence-electron chi connectivity index (χ4n) is 1.59. The summed E-state index contributed by atoms with van der Waals surface area (Å²) in [5, 5.41) is 8.05. The van der Waals surface area contributed by atoms with Crippen LogP contribution < -0.4 is 16.4 Å². The maximum absolute atomic E-state index is 11.6. The van der Waals surface area contributed by atoms with Crippen LogP contribution in [0.4, 0.5) is 11.4 Å². The van der Waals surface area contributed by atoms with Crippen LogP contribution >= 0.6 is 23.4 Å². The summed E-state index contributed by atoms with van der Waals surface area (Å²) >= 11 is 7.12. The molecule has 86 valence electrons. The molecular formula is C10H6ClN3O2S. The molecule has 0 radical (unpaired) electrons. The monoisotopic (exact) mass is 267 g/mol. The highest BCUT2D eigenvalue weighted by Gasteiger charge is 2.21. The lowest BCUT2D eigenvalue weighted by molar-refractivity contribution is 0.914. The molecule has 5 nitrogen and oxygen atoms in total. The van der Waals surface area contributed by atoms with Crippen LogP contribution in [-0.4, -0.2) is 10.2 Å². The van der Waals surface area contributed by atoms with E-state index in [2.05, 4.69) is 15.5 Å². The van der Waals surface area contributed by atoms with E-state index in [1.807, 2.05) is 0 Å². The minimum atomic E-state index is -0.363. The van der Waals surface area contributed by atoms with E-state index < -0.39 is 0 Å². The number of fused-ring (bicyclic) bond motifs is 2. The standard InChI is InChI=1S/C10H6ClN3O2S/c11-4-1-2-6-5(3-4)12-7-8(17-6)10(16)14-13-9(7)15/h1-3,12H,(H,13,15)(H,14,16). The van der Waals surface area contributed by atoms with Gasteiger partial charge in [0.25, 0.3) is 11.1 Å². The lowest BCUT2D eigenvalue weighted by Crippen LogP contribution is -2.25. The van der Waals surface area contributed by atoms with Crippen molar-refractivity contribution in [1.82, 2.24) is 10.2 Å². The second-order valence-corrected chi connectivity index (χ2v) is 4.97. The first-order valence-corrected chi connectivity index (χ1v) is 5.94. The Bertz CT molecular complexity index is 722. The van der Waals surface area contributed by atoms with Gasteiger partial charge in [0, 0.05) is 9.92 Å². The molecule has 0 fully saturated rings. The first-order valence-electron chi connectivity index (χ1n) is 4.74. The van der Waals surface area contributed by atoms with E-state index >= 15 is 0 Å². The predicted octanol–water partition coefficient (Wildman–Crippen LogP) is 1.92. The van der Waals surface area contributed by atoms with Gasteiger partial charge in [0.15, 0.2) is 0 Å².